The largest absolute Gasteiger partial charge is 0.393 e. The molecule has 0 aromatic heterocycles. The first-order chi connectivity index (χ1) is 7.56. The van der Waals surface area contributed by atoms with E-state index in [0.29, 0.717) is 0 Å². The lowest BCUT2D eigenvalue weighted by atomic mass is 10.2. The summed E-state index contributed by atoms with van der Waals surface area (Å²) in [6.07, 6.45) is 8.25. The Morgan fingerprint density at radius 2 is 1.69 bits per heavy atom. The first-order valence-electron chi connectivity index (χ1n) is 5.30. The van der Waals surface area contributed by atoms with E-state index in [2.05, 4.69) is 6.92 Å². The molecule has 0 saturated heterocycles. The van der Waals surface area contributed by atoms with Crippen LogP contribution in [0.4, 0.5) is 0 Å². The zero-order valence-corrected chi connectivity index (χ0v) is 9.99. The molecule has 0 fully saturated rings. The summed E-state index contributed by atoms with van der Waals surface area (Å²) in [5, 5.41) is 0. The molecule has 4 heteroatoms. The number of esters is 2. The number of hydrogen-bond donors (Lipinski definition) is 0. The van der Waals surface area contributed by atoms with Crippen molar-refractivity contribution in [2.75, 3.05) is 0 Å². The Kier molecular flexibility index (Phi) is 7.85. The standard InChI is InChI=1S/C12H18O4/c1-4-5-6-7-8-9-12(15-10(2)13)16-11(3)14/h7-9H,4-6H2,1-3H3/b8-7+. The van der Waals surface area contributed by atoms with Crippen molar-refractivity contribution in [3.63, 3.8) is 0 Å². The minimum atomic E-state index is -0.519. The summed E-state index contributed by atoms with van der Waals surface area (Å²) in [6.45, 7) is 4.60. The third kappa shape index (κ3) is 8.99. The molecule has 0 saturated carbocycles. The van der Waals surface area contributed by atoms with Crippen LogP contribution in [-0.4, -0.2) is 11.9 Å². The van der Waals surface area contributed by atoms with Crippen LogP contribution < -0.4 is 0 Å². The van der Waals surface area contributed by atoms with Crippen LogP contribution in [0.25, 0.3) is 0 Å². The van der Waals surface area contributed by atoms with Gasteiger partial charge in [-0.1, -0.05) is 31.9 Å². The van der Waals surface area contributed by atoms with Crippen molar-refractivity contribution >= 4 is 11.9 Å². The number of carbonyl (C=O) groups excluding carboxylic acids is 2. The van der Waals surface area contributed by atoms with Crippen LogP contribution in [0.3, 0.4) is 0 Å². The van der Waals surface area contributed by atoms with Crippen molar-refractivity contribution < 1.29 is 19.1 Å². The van der Waals surface area contributed by atoms with E-state index in [1.54, 1.807) is 6.08 Å². The quantitative estimate of drug-likeness (QED) is 0.302. The maximum absolute atomic E-state index is 10.7. The molecule has 0 unspecified atom stereocenters. The first-order valence-corrected chi connectivity index (χ1v) is 5.30. The summed E-state index contributed by atoms with van der Waals surface area (Å²) in [7, 11) is 0. The van der Waals surface area contributed by atoms with Crippen LogP contribution in [0.15, 0.2) is 24.2 Å². The third-order valence-electron chi connectivity index (χ3n) is 1.58. The fourth-order valence-electron chi connectivity index (χ4n) is 0.937. The number of allylic oxidation sites excluding steroid dienone is 3. The van der Waals surface area contributed by atoms with Crippen molar-refractivity contribution in [2.45, 2.75) is 40.0 Å². The van der Waals surface area contributed by atoms with Gasteiger partial charge in [0.05, 0.1) is 0 Å². The Morgan fingerprint density at radius 1 is 1.12 bits per heavy atom. The van der Waals surface area contributed by atoms with E-state index in [-0.39, 0.29) is 5.95 Å². The molecule has 16 heavy (non-hydrogen) atoms. The molecule has 0 radical (unpaired) electrons. The van der Waals surface area contributed by atoms with Crippen molar-refractivity contribution in [1.82, 2.24) is 0 Å². The van der Waals surface area contributed by atoms with E-state index in [0.717, 1.165) is 19.3 Å². The lowest BCUT2D eigenvalue weighted by Gasteiger charge is -2.04. The van der Waals surface area contributed by atoms with Crippen molar-refractivity contribution in [1.29, 1.82) is 0 Å². The molecule has 0 aliphatic carbocycles. The molecule has 0 N–H and O–H groups in total. The summed E-state index contributed by atoms with van der Waals surface area (Å²) < 4.78 is 9.39. The number of ether oxygens (including phenoxy) is 2. The van der Waals surface area contributed by atoms with Gasteiger partial charge in [0.15, 0.2) is 0 Å². The molecule has 90 valence electrons. The smallest absolute Gasteiger partial charge is 0.310 e. The number of unbranched alkanes of at least 4 members (excludes halogenated alkanes) is 2. The van der Waals surface area contributed by atoms with Gasteiger partial charge in [-0.15, -0.1) is 0 Å². The van der Waals surface area contributed by atoms with Crippen LogP contribution in [0.2, 0.25) is 0 Å². The van der Waals surface area contributed by atoms with Crippen LogP contribution in [-0.2, 0) is 19.1 Å². The van der Waals surface area contributed by atoms with Gasteiger partial charge in [-0.25, -0.2) is 0 Å². The lowest BCUT2D eigenvalue weighted by Crippen LogP contribution is -2.05. The highest BCUT2D eigenvalue weighted by molar-refractivity contribution is 5.70. The molecular formula is C12H18O4. The molecular weight excluding hydrogens is 208 g/mol. The average molecular weight is 226 g/mol. The van der Waals surface area contributed by atoms with E-state index >= 15 is 0 Å². The highest BCUT2D eigenvalue weighted by atomic mass is 16.7. The Balaban J connectivity index is 4.25. The Hall–Kier alpha value is -1.58. The zero-order chi connectivity index (χ0) is 12.4. The fraction of sp³-hybridized carbons (Fsp3) is 0.500. The van der Waals surface area contributed by atoms with Gasteiger partial charge in [0.25, 0.3) is 5.95 Å². The maximum atomic E-state index is 10.7. The molecule has 0 spiro atoms. The monoisotopic (exact) mass is 226 g/mol. The predicted molar refractivity (Wildman–Crippen MR) is 60.3 cm³/mol. The Morgan fingerprint density at radius 3 is 2.12 bits per heavy atom. The first kappa shape index (κ1) is 14.4. The van der Waals surface area contributed by atoms with Gasteiger partial charge in [0.1, 0.15) is 0 Å². The second-order valence-electron chi connectivity index (χ2n) is 3.24. The topological polar surface area (TPSA) is 52.6 Å². The van der Waals surface area contributed by atoms with Gasteiger partial charge in [0, 0.05) is 19.9 Å². The molecule has 0 aliphatic rings. The molecule has 0 rings (SSSR count). The average Bonchev–Trinajstić information content (AvgIpc) is 2.15. The number of rotatable bonds is 6. The summed E-state index contributed by atoms with van der Waals surface area (Å²) in [5.74, 6) is -1.13. The molecule has 0 heterocycles. The molecule has 0 aliphatic heterocycles. The van der Waals surface area contributed by atoms with Crippen LogP contribution in [0.1, 0.15) is 40.0 Å². The van der Waals surface area contributed by atoms with Gasteiger partial charge in [0.2, 0.25) is 0 Å². The summed E-state index contributed by atoms with van der Waals surface area (Å²) in [4.78, 5) is 21.4. The highest BCUT2D eigenvalue weighted by Crippen LogP contribution is 2.03. The summed E-state index contributed by atoms with van der Waals surface area (Å²) in [6, 6.07) is 0. The zero-order valence-electron chi connectivity index (χ0n) is 9.99. The van der Waals surface area contributed by atoms with Crippen LogP contribution in [0.5, 0.6) is 0 Å². The predicted octanol–water partition coefficient (Wildman–Crippen LogP) is 2.70. The van der Waals surface area contributed by atoms with Gasteiger partial charge >= 0.3 is 11.9 Å². The van der Waals surface area contributed by atoms with Crippen molar-refractivity contribution in [3.05, 3.63) is 24.2 Å². The van der Waals surface area contributed by atoms with Crippen molar-refractivity contribution in [2.24, 2.45) is 0 Å². The second-order valence-corrected chi connectivity index (χ2v) is 3.24. The van der Waals surface area contributed by atoms with E-state index in [9.17, 15) is 9.59 Å². The van der Waals surface area contributed by atoms with Crippen LogP contribution >= 0.6 is 0 Å². The maximum Gasteiger partial charge on any atom is 0.310 e. The van der Waals surface area contributed by atoms with E-state index in [1.165, 1.54) is 19.9 Å². The normalized spacial score (nSPS) is 9.94. The van der Waals surface area contributed by atoms with Gasteiger partial charge in [-0.3, -0.25) is 9.59 Å². The third-order valence-corrected chi connectivity index (χ3v) is 1.58. The van der Waals surface area contributed by atoms with E-state index in [4.69, 9.17) is 9.47 Å². The minimum Gasteiger partial charge on any atom is -0.393 e. The molecule has 0 aromatic carbocycles. The molecule has 0 amide bonds. The number of hydrogen-bond acceptors (Lipinski definition) is 4. The Labute approximate surface area is 95.9 Å². The van der Waals surface area contributed by atoms with E-state index < -0.39 is 11.9 Å². The molecule has 0 atom stereocenters. The lowest BCUT2D eigenvalue weighted by molar-refractivity contribution is -0.150. The number of carbonyl (C=O) groups is 2. The molecule has 4 nitrogen and oxygen atoms in total. The van der Waals surface area contributed by atoms with Gasteiger partial charge in [-0.05, 0) is 6.42 Å². The van der Waals surface area contributed by atoms with Gasteiger partial charge in [-0.2, -0.15) is 0 Å². The van der Waals surface area contributed by atoms with E-state index in [1.807, 2.05) is 6.08 Å². The SMILES string of the molecule is CCCC/C=C/C=C(OC(C)=O)OC(C)=O. The minimum absolute atomic E-state index is 0.0900. The second kappa shape index (κ2) is 8.71. The van der Waals surface area contributed by atoms with Crippen molar-refractivity contribution in [3.8, 4) is 0 Å². The fourth-order valence-corrected chi connectivity index (χ4v) is 0.937. The summed E-state index contributed by atoms with van der Waals surface area (Å²) in [5.41, 5.74) is 0. The van der Waals surface area contributed by atoms with Gasteiger partial charge < -0.3 is 9.47 Å². The highest BCUT2D eigenvalue weighted by Gasteiger charge is 2.04. The summed E-state index contributed by atoms with van der Waals surface area (Å²) >= 11 is 0. The molecule has 0 aromatic rings. The molecule has 0 bridgehead atoms. The van der Waals surface area contributed by atoms with Crippen LogP contribution in [0, 0.1) is 0 Å². The Bertz CT molecular complexity index is 271.